The van der Waals surface area contributed by atoms with Gasteiger partial charge >= 0.3 is 0 Å². The van der Waals surface area contributed by atoms with E-state index in [1.165, 1.54) is 32.4 Å². The number of aliphatic hydroxyl groups is 1. The van der Waals surface area contributed by atoms with Crippen molar-refractivity contribution in [2.75, 3.05) is 14.2 Å². The molecule has 0 amide bonds. The highest BCUT2D eigenvalue weighted by atomic mass is 19.2. The van der Waals surface area contributed by atoms with Crippen LogP contribution < -0.4 is 9.47 Å². The van der Waals surface area contributed by atoms with E-state index in [2.05, 4.69) is 0 Å². The lowest BCUT2D eigenvalue weighted by Gasteiger charge is -2.15. The van der Waals surface area contributed by atoms with E-state index >= 15 is 0 Å². The number of benzene rings is 2. The summed E-state index contributed by atoms with van der Waals surface area (Å²) >= 11 is 0. The van der Waals surface area contributed by atoms with Crippen molar-refractivity contribution in [2.45, 2.75) is 6.10 Å². The molecular formula is C15H14F2O3. The molecule has 1 N–H and O–H groups in total. The molecule has 0 radical (unpaired) electrons. The van der Waals surface area contributed by atoms with Gasteiger partial charge in [-0.1, -0.05) is 18.2 Å². The first-order valence-electron chi connectivity index (χ1n) is 5.92. The van der Waals surface area contributed by atoms with Crippen molar-refractivity contribution in [3.63, 3.8) is 0 Å². The van der Waals surface area contributed by atoms with Gasteiger partial charge in [0, 0.05) is 5.56 Å². The van der Waals surface area contributed by atoms with E-state index in [0.29, 0.717) is 17.1 Å². The minimum atomic E-state index is -1.29. The van der Waals surface area contributed by atoms with Crippen LogP contribution in [0.25, 0.3) is 0 Å². The van der Waals surface area contributed by atoms with Gasteiger partial charge in [0.25, 0.3) is 0 Å². The first kappa shape index (κ1) is 14.3. The molecule has 5 heteroatoms. The van der Waals surface area contributed by atoms with Crippen LogP contribution >= 0.6 is 0 Å². The Morgan fingerprint density at radius 1 is 1.00 bits per heavy atom. The number of rotatable bonds is 4. The van der Waals surface area contributed by atoms with Crippen LogP contribution in [0.15, 0.2) is 36.4 Å². The molecule has 0 saturated heterocycles. The zero-order chi connectivity index (χ0) is 14.7. The summed E-state index contributed by atoms with van der Waals surface area (Å²) in [4.78, 5) is 0. The molecule has 2 aromatic carbocycles. The lowest BCUT2D eigenvalue weighted by Crippen LogP contribution is -2.05. The Labute approximate surface area is 115 Å². The van der Waals surface area contributed by atoms with Gasteiger partial charge in [0.2, 0.25) is 0 Å². The maximum atomic E-state index is 13.7. The van der Waals surface area contributed by atoms with Crippen molar-refractivity contribution in [3.05, 3.63) is 59.2 Å². The van der Waals surface area contributed by atoms with Crippen LogP contribution in [0, 0.1) is 11.6 Å². The SMILES string of the molecule is COc1ccc(C(O)c2cccc(F)c2F)cc1OC. The first-order valence-corrected chi connectivity index (χ1v) is 5.92. The Bertz CT molecular complexity index is 614. The van der Waals surface area contributed by atoms with Crippen molar-refractivity contribution in [3.8, 4) is 11.5 Å². The fraction of sp³-hybridized carbons (Fsp3) is 0.200. The number of methoxy groups -OCH3 is 2. The van der Waals surface area contributed by atoms with Crippen molar-refractivity contribution < 1.29 is 23.4 Å². The third kappa shape index (κ3) is 2.58. The monoisotopic (exact) mass is 280 g/mol. The Morgan fingerprint density at radius 2 is 1.70 bits per heavy atom. The summed E-state index contributed by atoms with van der Waals surface area (Å²) in [7, 11) is 2.94. The highest BCUT2D eigenvalue weighted by Crippen LogP contribution is 2.33. The Balaban J connectivity index is 2.43. The second kappa shape index (κ2) is 5.88. The lowest BCUT2D eigenvalue weighted by molar-refractivity contribution is 0.212. The molecule has 0 bridgehead atoms. The number of hydrogen-bond acceptors (Lipinski definition) is 3. The number of hydrogen-bond donors (Lipinski definition) is 1. The number of aliphatic hydroxyl groups excluding tert-OH is 1. The molecule has 0 aliphatic heterocycles. The molecule has 0 fully saturated rings. The number of ether oxygens (including phenoxy) is 2. The zero-order valence-corrected chi connectivity index (χ0v) is 11.1. The van der Waals surface area contributed by atoms with Gasteiger partial charge in [-0.2, -0.15) is 0 Å². The van der Waals surface area contributed by atoms with Gasteiger partial charge in [-0.05, 0) is 23.8 Å². The molecule has 0 saturated carbocycles. The summed E-state index contributed by atoms with van der Waals surface area (Å²) in [6.45, 7) is 0. The van der Waals surface area contributed by atoms with Gasteiger partial charge in [0.15, 0.2) is 23.1 Å². The van der Waals surface area contributed by atoms with Crippen LogP contribution in [0.2, 0.25) is 0 Å². The number of halogens is 2. The van der Waals surface area contributed by atoms with Gasteiger partial charge in [0.1, 0.15) is 6.10 Å². The topological polar surface area (TPSA) is 38.7 Å². The average molecular weight is 280 g/mol. The van der Waals surface area contributed by atoms with Gasteiger partial charge in [-0.25, -0.2) is 8.78 Å². The van der Waals surface area contributed by atoms with Crippen LogP contribution in [-0.2, 0) is 0 Å². The minimum absolute atomic E-state index is 0.128. The lowest BCUT2D eigenvalue weighted by atomic mass is 10.0. The molecule has 0 aliphatic rings. The van der Waals surface area contributed by atoms with Crippen molar-refractivity contribution in [1.29, 1.82) is 0 Å². The van der Waals surface area contributed by atoms with Crippen LogP contribution in [0.3, 0.4) is 0 Å². The summed E-state index contributed by atoms with van der Waals surface area (Å²) in [5, 5.41) is 10.2. The van der Waals surface area contributed by atoms with E-state index in [1.807, 2.05) is 0 Å². The van der Waals surface area contributed by atoms with E-state index in [0.717, 1.165) is 6.07 Å². The van der Waals surface area contributed by atoms with Crippen molar-refractivity contribution >= 4 is 0 Å². The van der Waals surface area contributed by atoms with Gasteiger partial charge in [-0.3, -0.25) is 0 Å². The minimum Gasteiger partial charge on any atom is -0.493 e. The van der Waals surface area contributed by atoms with E-state index < -0.39 is 17.7 Å². The van der Waals surface area contributed by atoms with Crippen LogP contribution in [-0.4, -0.2) is 19.3 Å². The quantitative estimate of drug-likeness (QED) is 0.935. The van der Waals surface area contributed by atoms with Gasteiger partial charge in [-0.15, -0.1) is 0 Å². The molecule has 2 rings (SSSR count). The summed E-state index contributed by atoms with van der Waals surface area (Å²) < 4.78 is 37.1. The third-order valence-electron chi connectivity index (χ3n) is 3.00. The molecule has 0 aromatic heterocycles. The van der Waals surface area contributed by atoms with Crippen LogP contribution in [0.1, 0.15) is 17.2 Å². The maximum Gasteiger partial charge on any atom is 0.164 e. The van der Waals surface area contributed by atoms with Crippen molar-refractivity contribution in [1.82, 2.24) is 0 Å². The Morgan fingerprint density at radius 3 is 2.35 bits per heavy atom. The average Bonchev–Trinajstić information content (AvgIpc) is 2.48. The normalized spacial score (nSPS) is 12.1. The summed E-state index contributed by atoms with van der Waals surface area (Å²) in [5.41, 5.74) is 0.254. The molecule has 20 heavy (non-hydrogen) atoms. The molecule has 106 valence electrons. The summed E-state index contributed by atoms with van der Waals surface area (Å²) in [6, 6.07) is 8.36. The van der Waals surface area contributed by atoms with E-state index in [1.54, 1.807) is 12.1 Å². The highest BCUT2D eigenvalue weighted by molar-refractivity contribution is 5.45. The van der Waals surface area contributed by atoms with E-state index in [9.17, 15) is 13.9 Å². The van der Waals surface area contributed by atoms with Gasteiger partial charge < -0.3 is 14.6 Å². The molecule has 0 aliphatic carbocycles. The smallest absolute Gasteiger partial charge is 0.164 e. The van der Waals surface area contributed by atoms with Gasteiger partial charge in [0.05, 0.1) is 14.2 Å². The predicted octanol–water partition coefficient (Wildman–Crippen LogP) is 3.06. The third-order valence-corrected chi connectivity index (χ3v) is 3.00. The largest absolute Gasteiger partial charge is 0.493 e. The molecule has 0 spiro atoms. The zero-order valence-electron chi connectivity index (χ0n) is 11.1. The highest BCUT2D eigenvalue weighted by Gasteiger charge is 2.19. The molecule has 0 heterocycles. The summed E-state index contributed by atoms with van der Waals surface area (Å²) in [6.07, 6.45) is -1.29. The second-order valence-electron chi connectivity index (χ2n) is 4.16. The van der Waals surface area contributed by atoms with Crippen molar-refractivity contribution in [2.24, 2.45) is 0 Å². The Hall–Kier alpha value is -2.14. The maximum absolute atomic E-state index is 13.7. The second-order valence-corrected chi connectivity index (χ2v) is 4.16. The predicted molar refractivity (Wildman–Crippen MR) is 70.0 cm³/mol. The molecule has 2 aromatic rings. The fourth-order valence-corrected chi connectivity index (χ4v) is 1.93. The molecule has 1 unspecified atom stereocenters. The molecule has 3 nitrogen and oxygen atoms in total. The Kier molecular flexibility index (Phi) is 4.20. The molecular weight excluding hydrogens is 266 g/mol. The van der Waals surface area contributed by atoms with E-state index in [-0.39, 0.29) is 5.56 Å². The molecule has 1 atom stereocenters. The van der Waals surface area contributed by atoms with Crippen LogP contribution in [0.4, 0.5) is 8.78 Å². The van der Waals surface area contributed by atoms with E-state index in [4.69, 9.17) is 9.47 Å². The summed E-state index contributed by atoms with van der Waals surface area (Å²) in [5.74, 6) is -1.17. The first-order chi connectivity index (χ1) is 9.58. The van der Waals surface area contributed by atoms with Crippen LogP contribution in [0.5, 0.6) is 11.5 Å². The standard InChI is InChI=1S/C15H14F2O3/c1-19-12-7-6-9(8-13(12)20-2)15(18)10-4-3-5-11(16)14(10)17/h3-8,15,18H,1-2H3. The fourth-order valence-electron chi connectivity index (χ4n) is 1.93.